The molecule has 1 aromatic carbocycles. The predicted octanol–water partition coefficient (Wildman–Crippen LogP) is 2.40. The van der Waals surface area contributed by atoms with E-state index < -0.39 is 17.5 Å². The van der Waals surface area contributed by atoms with Gasteiger partial charge in [0.25, 0.3) is 0 Å². The molecule has 1 aliphatic carbocycles. The number of aliphatic hydroxyl groups excluding tert-OH is 1. The molecule has 2 atom stereocenters. The summed E-state index contributed by atoms with van der Waals surface area (Å²) in [5, 5.41) is 15.7. The number of amides is 2. The summed E-state index contributed by atoms with van der Waals surface area (Å²) in [6, 6.07) is 9.15. The monoisotopic (exact) mass is 472 g/mol. The fraction of sp³-hybridized carbons (Fsp3) is 0.577. The lowest BCUT2D eigenvalue weighted by Crippen LogP contribution is -2.50. The van der Waals surface area contributed by atoms with Crippen molar-refractivity contribution >= 4 is 17.8 Å². The van der Waals surface area contributed by atoms with Crippen molar-refractivity contribution in [1.29, 1.82) is 0 Å². The van der Waals surface area contributed by atoms with Crippen molar-refractivity contribution in [2.75, 3.05) is 19.8 Å². The molecule has 1 aromatic rings. The molecular formula is C26H36N2O6. The molecule has 8 heteroatoms. The first-order valence-electron chi connectivity index (χ1n) is 12.1. The van der Waals surface area contributed by atoms with E-state index in [-0.39, 0.29) is 50.4 Å². The number of rotatable bonds is 8. The first-order chi connectivity index (χ1) is 16.5. The molecule has 34 heavy (non-hydrogen) atoms. The number of ether oxygens (including phenoxy) is 2. The minimum atomic E-state index is -0.573. The molecule has 0 aromatic heterocycles. The van der Waals surface area contributed by atoms with Crippen molar-refractivity contribution in [2.24, 2.45) is 5.92 Å². The van der Waals surface area contributed by atoms with Crippen molar-refractivity contribution in [3.63, 3.8) is 0 Å². The van der Waals surface area contributed by atoms with Crippen LogP contribution in [0.4, 0.5) is 0 Å². The summed E-state index contributed by atoms with van der Waals surface area (Å²) in [4.78, 5) is 37.9. The highest BCUT2D eigenvalue weighted by Crippen LogP contribution is 2.29. The molecule has 186 valence electrons. The lowest BCUT2D eigenvalue weighted by molar-refractivity contribution is -0.146. The Morgan fingerprint density at radius 2 is 1.94 bits per heavy atom. The van der Waals surface area contributed by atoms with Gasteiger partial charge in [-0.1, -0.05) is 55.3 Å². The molecule has 3 rings (SSSR count). The molecule has 1 fully saturated rings. The van der Waals surface area contributed by atoms with E-state index in [2.05, 4.69) is 10.6 Å². The Balaban J connectivity index is 1.61. The first-order valence-corrected chi connectivity index (χ1v) is 12.1. The van der Waals surface area contributed by atoms with Crippen LogP contribution in [0.15, 0.2) is 42.5 Å². The Morgan fingerprint density at radius 3 is 2.68 bits per heavy atom. The maximum absolute atomic E-state index is 13.1. The van der Waals surface area contributed by atoms with Crippen LogP contribution in [0.3, 0.4) is 0 Å². The van der Waals surface area contributed by atoms with Gasteiger partial charge >= 0.3 is 5.97 Å². The number of nitrogens with one attached hydrogen (secondary N) is 2. The van der Waals surface area contributed by atoms with Crippen LogP contribution in [0, 0.1) is 5.92 Å². The van der Waals surface area contributed by atoms with E-state index in [0.29, 0.717) is 19.4 Å². The van der Waals surface area contributed by atoms with Crippen molar-refractivity contribution in [3.8, 4) is 0 Å². The summed E-state index contributed by atoms with van der Waals surface area (Å²) < 4.78 is 11.1. The molecule has 3 N–H and O–H groups in total. The van der Waals surface area contributed by atoms with E-state index in [1.54, 1.807) is 0 Å². The van der Waals surface area contributed by atoms with Crippen molar-refractivity contribution in [3.05, 3.63) is 48.0 Å². The number of carbonyl (C=O) groups is 3. The molecular weight excluding hydrogens is 436 g/mol. The maximum atomic E-state index is 13.1. The Morgan fingerprint density at radius 1 is 1.18 bits per heavy atom. The van der Waals surface area contributed by atoms with Gasteiger partial charge in [0, 0.05) is 12.8 Å². The third-order valence-electron chi connectivity index (χ3n) is 6.40. The van der Waals surface area contributed by atoms with Crippen LogP contribution in [0.25, 0.3) is 0 Å². The second kappa shape index (κ2) is 13.2. The van der Waals surface area contributed by atoms with E-state index in [1.165, 1.54) is 0 Å². The summed E-state index contributed by atoms with van der Waals surface area (Å²) >= 11 is 0. The van der Waals surface area contributed by atoms with Gasteiger partial charge in [0.15, 0.2) is 0 Å². The number of aliphatic hydroxyl groups is 1. The average molecular weight is 473 g/mol. The van der Waals surface area contributed by atoms with E-state index in [0.717, 1.165) is 31.2 Å². The number of allylic oxidation sites excluding steroid dienone is 2. The zero-order chi connectivity index (χ0) is 24.2. The standard InChI is InChI=1S/C26H36N2O6/c29-19-26(13-7-8-14-26)28-23(30)15-21-11-5-2-6-12-24(31)34-18-22(27-25(21)32)17-33-16-20-9-3-1-4-10-20/h1-5,9-10,21-22,29H,6-8,11-19H2,(H,27,32)(H,28,30)/t21-,22+/m1/s1. The molecule has 1 aliphatic heterocycles. The second-order valence-electron chi connectivity index (χ2n) is 9.23. The van der Waals surface area contributed by atoms with Gasteiger partial charge in [-0.25, -0.2) is 0 Å². The Labute approximate surface area is 201 Å². The topological polar surface area (TPSA) is 114 Å². The lowest BCUT2D eigenvalue weighted by Gasteiger charge is -2.29. The van der Waals surface area contributed by atoms with Gasteiger partial charge in [0.2, 0.25) is 11.8 Å². The lowest BCUT2D eigenvalue weighted by atomic mass is 9.95. The molecule has 1 saturated carbocycles. The first kappa shape index (κ1) is 25.9. The molecule has 2 amide bonds. The van der Waals surface area contributed by atoms with Crippen LogP contribution in [-0.4, -0.2) is 54.3 Å². The fourth-order valence-corrected chi connectivity index (χ4v) is 4.42. The van der Waals surface area contributed by atoms with Gasteiger partial charge in [-0.15, -0.1) is 0 Å². The Bertz CT molecular complexity index is 835. The van der Waals surface area contributed by atoms with Gasteiger partial charge in [-0.05, 0) is 31.2 Å². The highest BCUT2D eigenvalue weighted by Gasteiger charge is 2.35. The Hall–Kier alpha value is -2.71. The van der Waals surface area contributed by atoms with Crippen LogP contribution < -0.4 is 10.6 Å². The average Bonchev–Trinajstić information content (AvgIpc) is 3.30. The van der Waals surface area contributed by atoms with E-state index in [4.69, 9.17) is 9.47 Å². The molecule has 8 nitrogen and oxygen atoms in total. The number of hydrogen-bond acceptors (Lipinski definition) is 6. The molecule has 0 unspecified atom stereocenters. The van der Waals surface area contributed by atoms with Gasteiger partial charge < -0.3 is 25.2 Å². The smallest absolute Gasteiger partial charge is 0.306 e. The predicted molar refractivity (Wildman–Crippen MR) is 127 cm³/mol. The van der Waals surface area contributed by atoms with Crippen molar-refractivity contribution in [2.45, 2.75) is 69.6 Å². The van der Waals surface area contributed by atoms with Crippen molar-refractivity contribution < 1.29 is 29.0 Å². The number of benzene rings is 1. The largest absolute Gasteiger partial charge is 0.463 e. The third-order valence-corrected chi connectivity index (χ3v) is 6.40. The molecule has 0 spiro atoms. The maximum Gasteiger partial charge on any atom is 0.306 e. The molecule has 0 saturated heterocycles. The molecule has 0 radical (unpaired) electrons. The van der Waals surface area contributed by atoms with Crippen LogP contribution in [0.1, 0.15) is 56.9 Å². The number of cyclic esters (lactones) is 1. The summed E-state index contributed by atoms with van der Waals surface area (Å²) in [5.41, 5.74) is 0.431. The zero-order valence-electron chi connectivity index (χ0n) is 19.7. The normalized spacial score (nSPS) is 23.3. The van der Waals surface area contributed by atoms with E-state index >= 15 is 0 Å². The quantitative estimate of drug-likeness (QED) is 0.396. The van der Waals surface area contributed by atoms with Gasteiger partial charge in [0.05, 0.1) is 37.3 Å². The number of esters is 1. The summed E-state index contributed by atoms with van der Waals surface area (Å²) in [5.74, 6) is -1.41. The highest BCUT2D eigenvalue weighted by atomic mass is 16.5. The van der Waals surface area contributed by atoms with Gasteiger partial charge in [-0.2, -0.15) is 0 Å². The molecule has 1 heterocycles. The zero-order valence-corrected chi connectivity index (χ0v) is 19.7. The van der Waals surface area contributed by atoms with Crippen molar-refractivity contribution in [1.82, 2.24) is 10.6 Å². The number of hydrogen-bond donors (Lipinski definition) is 3. The van der Waals surface area contributed by atoms with Crippen LogP contribution >= 0.6 is 0 Å². The number of carbonyl (C=O) groups excluding carboxylic acids is 3. The SMILES string of the molecule is O=C(C[C@H]1CC=CCCC(=O)OC[C@H](COCc2ccccc2)NC1=O)NC1(CO)CCCC1. The fourth-order valence-electron chi connectivity index (χ4n) is 4.42. The highest BCUT2D eigenvalue weighted by molar-refractivity contribution is 5.86. The third kappa shape index (κ3) is 8.25. The van der Waals surface area contributed by atoms with Crippen LogP contribution in [0.5, 0.6) is 0 Å². The Kier molecular flexibility index (Phi) is 10.1. The van der Waals surface area contributed by atoms with E-state index in [1.807, 2.05) is 42.5 Å². The van der Waals surface area contributed by atoms with E-state index in [9.17, 15) is 19.5 Å². The van der Waals surface area contributed by atoms with Gasteiger partial charge in [0.1, 0.15) is 6.61 Å². The minimum Gasteiger partial charge on any atom is -0.463 e. The second-order valence-corrected chi connectivity index (χ2v) is 9.23. The summed E-state index contributed by atoms with van der Waals surface area (Å²) in [6.45, 7) is 0.465. The van der Waals surface area contributed by atoms with Crippen LogP contribution in [-0.2, 0) is 30.5 Å². The molecule has 0 bridgehead atoms. The molecule has 2 aliphatic rings. The van der Waals surface area contributed by atoms with Crippen LogP contribution in [0.2, 0.25) is 0 Å². The minimum absolute atomic E-state index is 0.00954. The summed E-state index contributed by atoms with van der Waals surface area (Å²) in [7, 11) is 0. The summed E-state index contributed by atoms with van der Waals surface area (Å²) in [6.07, 6.45) is 8.30. The van der Waals surface area contributed by atoms with Gasteiger partial charge in [-0.3, -0.25) is 14.4 Å².